The molecule has 2 aliphatic rings. The van der Waals surface area contributed by atoms with Gasteiger partial charge in [0.25, 0.3) is 0 Å². The summed E-state index contributed by atoms with van der Waals surface area (Å²) in [7, 11) is 0. The predicted molar refractivity (Wildman–Crippen MR) is 56.1 cm³/mol. The lowest BCUT2D eigenvalue weighted by Crippen LogP contribution is -2.52. The Labute approximate surface area is 88.0 Å². The SMILES string of the molecule is O=C=NC1(C2CCSCC2)CC(O)C1. The zero-order valence-corrected chi connectivity index (χ0v) is 8.92. The third-order valence-corrected chi connectivity index (χ3v) is 4.48. The van der Waals surface area contributed by atoms with E-state index in [0.717, 1.165) is 24.3 Å². The predicted octanol–water partition coefficient (Wildman–Crippen LogP) is 1.36. The van der Waals surface area contributed by atoms with Crippen LogP contribution in [-0.4, -0.2) is 34.3 Å². The van der Waals surface area contributed by atoms with Gasteiger partial charge in [-0.25, -0.2) is 4.79 Å². The van der Waals surface area contributed by atoms with E-state index >= 15 is 0 Å². The Morgan fingerprint density at radius 2 is 2.00 bits per heavy atom. The van der Waals surface area contributed by atoms with E-state index < -0.39 is 0 Å². The number of thioether (sulfide) groups is 1. The highest BCUT2D eigenvalue weighted by atomic mass is 32.2. The standard InChI is InChI=1S/C10H15NO2S/c12-7-11-10(5-9(13)6-10)8-1-3-14-4-2-8/h8-9,13H,1-6H2. The molecule has 1 N–H and O–H groups in total. The third-order valence-electron chi connectivity index (χ3n) is 3.43. The van der Waals surface area contributed by atoms with Crippen molar-refractivity contribution >= 4 is 17.8 Å². The molecule has 4 heteroatoms. The van der Waals surface area contributed by atoms with E-state index in [-0.39, 0.29) is 11.6 Å². The molecule has 0 atom stereocenters. The Balaban J connectivity index is 2.06. The Bertz CT molecular complexity index is 251. The molecule has 0 unspecified atom stereocenters. The van der Waals surface area contributed by atoms with E-state index in [1.165, 1.54) is 0 Å². The average molecular weight is 213 g/mol. The fourth-order valence-electron chi connectivity index (χ4n) is 2.60. The first-order valence-electron chi connectivity index (χ1n) is 5.12. The van der Waals surface area contributed by atoms with Gasteiger partial charge in [0.05, 0.1) is 11.6 Å². The smallest absolute Gasteiger partial charge is 0.235 e. The summed E-state index contributed by atoms with van der Waals surface area (Å²) in [6, 6.07) is 0. The first-order valence-corrected chi connectivity index (χ1v) is 6.27. The lowest BCUT2D eigenvalue weighted by molar-refractivity contribution is -0.00898. The van der Waals surface area contributed by atoms with Gasteiger partial charge in [-0.15, -0.1) is 0 Å². The van der Waals surface area contributed by atoms with E-state index in [9.17, 15) is 9.90 Å². The second-order valence-electron chi connectivity index (χ2n) is 4.26. The third kappa shape index (κ3) is 1.74. The molecule has 1 heterocycles. The molecule has 1 saturated heterocycles. The summed E-state index contributed by atoms with van der Waals surface area (Å²) in [5.74, 6) is 2.82. The van der Waals surface area contributed by atoms with E-state index in [2.05, 4.69) is 4.99 Å². The van der Waals surface area contributed by atoms with Crippen molar-refractivity contribution in [2.24, 2.45) is 10.9 Å². The summed E-state index contributed by atoms with van der Waals surface area (Å²) in [6.45, 7) is 0. The normalized spacial score (nSPS) is 38.5. The molecule has 1 saturated carbocycles. The van der Waals surface area contributed by atoms with Crippen molar-refractivity contribution in [3.63, 3.8) is 0 Å². The molecule has 0 bridgehead atoms. The van der Waals surface area contributed by atoms with Crippen molar-refractivity contribution in [1.82, 2.24) is 0 Å². The summed E-state index contributed by atoms with van der Waals surface area (Å²) >= 11 is 1.97. The van der Waals surface area contributed by atoms with E-state index in [0.29, 0.717) is 18.8 Å². The molecule has 2 fully saturated rings. The van der Waals surface area contributed by atoms with Crippen molar-refractivity contribution in [3.8, 4) is 0 Å². The number of hydrogen-bond donors (Lipinski definition) is 1. The van der Waals surface area contributed by atoms with Gasteiger partial charge in [0, 0.05) is 0 Å². The van der Waals surface area contributed by atoms with Crippen LogP contribution in [0.15, 0.2) is 4.99 Å². The molecule has 3 nitrogen and oxygen atoms in total. The zero-order valence-electron chi connectivity index (χ0n) is 8.11. The van der Waals surface area contributed by atoms with Gasteiger partial charge < -0.3 is 5.11 Å². The highest BCUT2D eigenvalue weighted by molar-refractivity contribution is 7.99. The lowest BCUT2D eigenvalue weighted by atomic mass is 9.65. The average Bonchev–Trinajstić information content (AvgIpc) is 2.17. The van der Waals surface area contributed by atoms with Gasteiger partial charge >= 0.3 is 0 Å². The maximum Gasteiger partial charge on any atom is 0.235 e. The van der Waals surface area contributed by atoms with Crippen LogP contribution in [-0.2, 0) is 4.79 Å². The van der Waals surface area contributed by atoms with Crippen LogP contribution in [0.3, 0.4) is 0 Å². The van der Waals surface area contributed by atoms with Crippen LogP contribution < -0.4 is 0 Å². The molecule has 1 aliphatic carbocycles. The molecule has 0 spiro atoms. The minimum absolute atomic E-state index is 0.248. The highest BCUT2D eigenvalue weighted by Gasteiger charge is 2.49. The first-order chi connectivity index (χ1) is 6.77. The number of rotatable bonds is 2. The van der Waals surface area contributed by atoms with Crippen LogP contribution in [0.4, 0.5) is 0 Å². The largest absolute Gasteiger partial charge is 0.393 e. The molecule has 1 aliphatic heterocycles. The van der Waals surface area contributed by atoms with Crippen molar-refractivity contribution in [2.45, 2.75) is 37.3 Å². The van der Waals surface area contributed by atoms with Crippen LogP contribution in [0.1, 0.15) is 25.7 Å². The number of carbonyl (C=O) groups excluding carboxylic acids is 1. The van der Waals surface area contributed by atoms with Gasteiger partial charge in [-0.05, 0) is 43.1 Å². The number of aliphatic hydroxyl groups excluding tert-OH is 1. The van der Waals surface area contributed by atoms with Crippen LogP contribution in [0.25, 0.3) is 0 Å². The van der Waals surface area contributed by atoms with Gasteiger partial charge in [-0.2, -0.15) is 16.8 Å². The van der Waals surface area contributed by atoms with Gasteiger partial charge in [0.2, 0.25) is 6.08 Å². The Kier molecular flexibility index (Phi) is 2.96. The minimum Gasteiger partial charge on any atom is -0.393 e. The maximum absolute atomic E-state index is 10.4. The number of aliphatic hydroxyl groups is 1. The van der Waals surface area contributed by atoms with E-state index in [1.54, 1.807) is 6.08 Å². The van der Waals surface area contributed by atoms with Crippen molar-refractivity contribution < 1.29 is 9.90 Å². The molecule has 78 valence electrons. The molecule has 2 rings (SSSR count). The molecule has 14 heavy (non-hydrogen) atoms. The number of hydrogen-bond acceptors (Lipinski definition) is 4. The molecular weight excluding hydrogens is 198 g/mol. The van der Waals surface area contributed by atoms with Crippen LogP contribution >= 0.6 is 11.8 Å². The quantitative estimate of drug-likeness (QED) is 0.556. The highest BCUT2D eigenvalue weighted by Crippen LogP contribution is 2.46. The summed E-state index contributed by atoms with van der Waals surface area (Å²) in [4.78, 5) is 14.3. The fourth-order valence-corrected chi connectivity index (χ4v) is 3.70. The maximum atomic E-state index is 10.4. The second-order valence-corrected chi connectivity index (χ2v) is 5.48. The molecule has 0 aromatic rings. The first kappa shape index (κ1) is 10.2. The lowest BCUT2D eigenvalue weighted by Gasteiger charge is -2.47. The molecule has 0 radical (unpaired) electrons. The number of isocyanates is 1. The number of nitrogens with zero attached hydrogens (tertiary/aromatic N) is 1. The van der Waals surface area contributed by atoms with Gasteiger partial charge in [-0.1, -0.05) is 0 Å². The summed E-state index contributed by atoms with van der Waals surface area (Å²) in [6.07, 6.45) is 5.02. The Morgan fingerprint density at radius 3 is 2.50 bits per heavy atom. The number of aliphatic imine (C=N–C) groups is 1. The zero-order chi connectivity index (χ0) is 10.0. The van der Waals surface area contributed by atoms with Crippen molar-refractivity contribution in [3.05, 3.63) is 0 Å². The Morgan fingerprint density at radius 1 is 1.36 bits per heavy atom. The van der Waals surface area contributed by atoms with Gasteiger partial charge in [0.15, 0.2) is 0 Å². The monoisotopic (exact) mass is 213 g/mol. The van der Waals surface area contributed by atoms with Crippen LogP contribution in [0.2, 0.25) is 0 Å². The molecule has 0 aromatic carbocycles. The van der Waals surface area contributed by atoms with E-state index in [4.69, 9.17) is 0 Å². The van der Waals surface area contributed by atoms with Crippen LogP contribution in [0, 0.1) is 5.92 Å². The summed E-state index contributed by atoms with van der Waals surface area (Å²) < 4.78 is 0. The summed E-state index contributed by atoms with van der Waals surface area (Å²) in [5, 5.41) is 9.35. The van der Waals surface area contributed by atoms with E-state index in [1.807, 2.05) is 11.8 Å². The molecule has 0 amide bonds. The topological polar surface area (TPSA) is 49.7 Å². The van der Waals surface area contributed by atoms with Crippen molar-refractivity contribution in [1.29, 1.82) is 0 Å². The van der Waals surface area contributed by atoms with Gasteiger partial charge in [-0.3, -0.25) is 0 Å². The molecular formula is C10H15NO2S. The second kappa shape index (κ2) is 4.05. The summed E-state index contributed by atoms with van der Waals surface area (Å²) in [5.41, 5.74) is -0.248. The van der Waals surface area contributed by atoms with Crippen LogP contribution in [0.5, 0.6) is 0 Å². The Hall–Kier alpha value is -0.310. The molecule has 0 aromatic heterocycles. The fraction of sp³-hybridized carbons (Fsp3) is 0.900. The van der Waals surface area contributed by atoms with Crippen molar-refractivity contribution in [2.75, 3.05) is 11.5 Å². The van der Waals surface area contributed by atoms with Gasteiger partial charge in [0.1, 0.15) is 0 Å². The minimum atomic E-state index is -0.248.